The highest BCUT2D eigenvalue weighted by Crippen LogP contribution is 2.49. The summed E-state index contributed by atoms with van der Waals surface area (Å²) in [6.45, 7) is 5.95. The lowest BCUT2D eigenvalue weighted by Gasteiger charge is -2.26. The second-order valence-electron chi connectivity index (χ2n) is 8.03. The Morgan fingerprint density at radius 3 is 2.56 bits per heavy atom. The van der Waals surface area contributed by atoms with Crippen LogP contribution in [0.5, 0.6) is 11.8 Å². The fourth-order valence-corrected chi connectivity index (χ4v) is 4.54. The Balaban J connectivity index is 1.66. The maximum atomic E-state index is 6.38. The molecule has 0 spiro atoms. The molecule has 1 atom stereocenters. The topological polar surface area (TPSA) is 70.1 Å². The third-order valence-corrected chi connectivity index (χ3v) is 6.02. The van der Waals surface area contributed by atoms with Gasteiger partial charge in [0.1, 0.15) is 12.2 Å². The monoisotopic (exact) mass is 442 g/mol. The van der Waals surface area contributed by atoms with Crippen molar-refractivity contribution in [2.24, 2.45) is 0 Å². The van der Waals surface area contributed by atoms with Crippen molar-refractivity contribution in [1.29, 1.82) is 0 Å². The van der Waals surface area contributed by atoms with Gasteiger partial charge in [0.15, 0.2) is 5.65 Å². The second kappa shape index (κ2) is 6.90. The molecule has 1 aliphatic rings. The Morgan fingerprint density at radius 1 is 0.969 bits per heavy atom. The van der Waals surface area contributed by atoms with Gasteiger partial charge in [0, 0.05) is 5.02 Å². The molecule has 0 unspecified atom stereocenters. The number of aromatic nitrogens is 6. The molecule has 0 bridgehead atoms. The fraction of sp³-hybridized carbons (Fsp3) is 0.167. The van der Waals surface area contributed by atoms with Gasteiger partial charge in [0.2, 0.25) is 11.8 Å². The van der Waals surface area contributed by atoms with E-state index >= 15 is 0 Å². The maximum absolute atomic E-state index is 6.38. The molecular weight excluding hydrogens is 424 g/mol. The molecule has 5 aromatic rings. The van der Waals surface area contributed by atoms with E-state index < -0.39 is 0 Å². The van der Waals surface area contributed by atoms with Crippen LogP contribution in [0.15, 0.2) is 54.9 Å². The smallest absolute Gasteiger partial charge is 0.230 e. The van der Waals surface area contributed by atoms with E-state index in [2.05, 4.69) is 46.3 Å². The van der Waals surface area contributed by atoms with Gasteiger partial charge < -0.3 is 4.74 Å². The van der Waals surface area contributed by atoms with E-state index in [0.29, 0.717) is 22.6 Å². The molecule has 0 saturated heterocycles. The van der Waals surface area contributed by atoms with Crippen molar-refractivity contribution in [1.82, 2.24) is 29.4 Å². The number of hydrogen-bond acceptors (Lipinski definition) is 5. The van der Waals surface area contributed by atoms with Gasteiger partial charge in [0.05, 0.1) is 28.4 Å². The summed E-state index contributed by atoms with van der Waals surface area (Å²) in [6.07, 6.45) is 1.64. The standard InChI is InChI=1S/C24H19ClN6O/c1-13-7-9-16(10-8-13)20-19-14(2)28-31(18-6-4-5-17(25)11-18)24(19)32-23-21(20)22-27-15(3)29-30(22)12-26-23/h4-12,20H,1-3H3/t20-/m0/s1. The molecule has 0 amide bonds. The minimum Gasteiger partial charge on any atom is -0.420 e. The summed E-state index contributed by atoms with van der Waals surface area (Å²) in [5.74, 6) is 1.67. The van der Waals surface area contributed by atoms with Crippen LogP contribution in [0.1, 0.15) is 39.7 Å². The van der Waals surface area contributed by atoms with E-state index in [4.69, 9.17) is 21.4 Å². The number of fused-ring (bicyclic) bond motifs is 4. The minimum atomic E-state index is -0.151. The number of benzene rings is 2. The molecule has 2 aromatic carbocycles. The first-order valence-electron chi connectivity index (χ1n) is 10.3. The zero-order valence-electron chi connectivity index (χ0n) is 17.7. The molecule has 7 nitrogen and oxygen atoms in total. The minimum absolute atomic E-state index is 0.151. The lowest BCUT2D eigenvalue weighted by atomic mass is 9.84. The average Bonchev–Trinajstić information content (AvgIpc) is 3.32. The summed E-state index contributed by atoms with van der Waals surface area (Å²) >= 11 is 6.26. The summed E-state index contributed by atoms with van der Waals surface area (Å²) in [6, 6.07) is 16.1. The van der Waals surface area contributed by atoms with Crippen LogP contribution in [0.2, 0.25) is 5.02 Å². The molecule has 1 aliphatic heterocycles. The van der Waals surface area contributed by atoms with Crippen LogP contribution in [0, 0.1) is 20.8 Å². The molecule has 0 fully saturated rings. The fourth-order valence-electron chi connectivity index (χ4n) is 4.36. The van der Waals surface area contributed by atoms with E-state index in [1.54, 1.807) is 15.5 Å². The van der Waals surface area contributed by atoms with Crippen molar-refractivity contribution >= 4 is 17.2 Å². The maximum Gasteiger partial charge on any atom is 0.230 e. The van der Waals surface area contributed by atoms with Crippen molar-refractivity contribution in [3.05, 3.63) is 93.7 Å². The van der Waals surface area contributed by atoms with Crippen LogP contribution in [0.3, 0.4) is 0 Å². The summed E-state index contributed by atoms with van der Waals surface area (Å²) in [4.78, 5) is 9.27. The molecule has 4 heterocycles. The highest BCUT2D eigenvalue weighted by molar-refractivity contribution is 6.30. The Morgan fingerprint density at radius 2 is 1.78 bits per heavy atom. The van der Waals surface area contributed by atoms with Crippen molar-refractivity contribution < 1.29 is 4.74 Å². The number of ether oxygens (including phenoxy) is 1. The van der Waals surface area contributed by atoms with Gasteiger partial charge in [-0.15, -0.1) is 0 Å². The van der Waals surface area contributed by atoms with Crippen LogP contribution in [0.4, 0.5) is 0 Å². The van der Waals surface area contributed by atoms with Crippen LogP contribution in [-0.4, -0.2) is 29.4 Å². The van der Waals surface area contributed by atoms with Gasteiger partial charge in [-0.2, -0.15) is 10.2 Å². The molecule has 0 radical (unpaired) electrons. The summed E-state index contributed by atoms with van der Waals surface area (Å²) in [5.41, 5.74) is 6.61. The van der Waals surface area contributed by atoms with E-state index in [9.17, 15) is 0 Å². The molecular formula is C24H19ClN6O. The van der Waals surface area contributed by atoms with Crippen LogP contribution >= 0.6 is 11.6 Å². The van der Waals surface area contributed by atoms with Crippen molar-refractivity contribution in [3.8, 4) is 17.4 Å². The second-order valence-corrected chi connectivity index (χ2v) is 8.47. The zero-order valence-corrected chi connectivity index (χ0v) is 18.5. The van der Waals surface area contributed by atoms with Gasteiger partial charge >= 0.3 is 0 Å². The quantitative estimate of drug-likeness (QED) is 0.370. The first kappa shape index (κ1) is 19.0. The Kier molecular flexibility index (Phi) is 4.10. The molecule has 158 valence electrons. The van der Waals surface area contributed by atoms with E-state index in [1.807, 2.05) is 38.1 Å². The van der Waals surface area contributed by atoms with E-state index in [0.717, 1.165) is 33.7 Å². The lowest BCUT2D eigenvalue weighted by molar-refractivity contribution is 0.402. The predicted molar refractivity (Wildman–Crippen MR) is 121 cm³/mol. The first-order valence-corrected chi connectivity index (χ1v) is 10.7. The number of nitrogens with zero attached hydrogens (tertiary/aromatic N) is 6. The number of hydrogen-bond donors (Lipinski definition) is 0. The van der Waals surface area contributed by atoms with Gasteiger partial charge in [0.25, 0.3) is 0 Å². The van der Waals surface area contributed by atoms with E-state index in [-0.39, 0.29) is 5.92 Å². The number of halogens is 1. The molecule has 0 aliphatic carbocycles. The third-order valence-electron chi connectivity index (χ3n) is 5.79. The zero-order chi connectivity index (χ0) is 22.0. The highest BCUT2D eigenvalue weighted by Gasteiger charge is 2.38. The first-order chi connectivity index (χ1) is 15.5. The molecule has 8 heteroatoms. The van der Waals surface area contributed by atoms with Crippen molar-refractivity contribution in [2.75, 3.05) is 0 Å². The Hall–Kier alpha value is -3.71. The SMILES string of the molecule is Cc1ccc([C@H]2c3c(C)nn(-c4cccc(Cl)c4)c3Oc3ncn4nc(C)nc4c32)cc1. The number of rotatable bonds is 2. The van der Waals surface area contributed by atoms with Crippen LogP contribution in [-0.2, 0) is 0 Å². The van der Waals surface area contributed by atoms with Gasteiger partial charge in [-0.1, -0.05) is 47.5 Å². The van der Waals surface area contributed by atoms with Gasteiger partial charge in [-0.25, -0.2) is 19.2 Å². The lowest BCUT2D eigenvalue weighted by Crippen LogP contribution is -2.16. The highest BCUT2D eigenvalue weighted by atomic mass is 35.5. The average molecular weight is 443 g/mol. The van der Waals surface area contributed by atoms with Gasteiger partial charge in [-0.05, 0) is 44.5 Å². The molecule has 6 rings (SSSR count). The normalized spacial score (nSPS) is 14.8. The molecule has 32 heavy (non-hydrogen) atoms. The Bertz CT molecular complexity index is 1500. The summed E-state index contributed by atoms with van der Waals surface area (Å²) in [5, 5.41) is 9.92. The molecule has 3 aromatic heterocycles. The van der Waals surface area contributed by atoms with Gasteiger partial charge in [-0.3, -0.25) is 0 Å². The van der Waals surface area contributed by atoms with Crippen LogP contribution < -0.4 is 4.74 Å². The number of aryl methyl sites for hydroxylation is 3. The predicted octanol–water partition coefficient (Wildman–Crippen LogP) is 5.17. The van der Waals surface area contributed by atoms with Crippen LogP contribution in [0.25, 0.3) is 11.3 Å². The summed E-state index contributed by atoms with van der Waals surface area (Å²) in [7, 11) is 0. The third kappa shape index (κ3) is 2.81. The largest absolute Gasteiger partial charge is 0.420 e. The van der Waals surface area contributed by atoms with E-state index in [1.165, 1.54) is 5.56 Å². The van der Waals surface area contributed by atoms with Crippen molar-refractivity contribution in [2.45, 2.75) is 26.7 Å². The van der Waals surface area contributed by atoms with Crippen molar-refractivity contribution in [3.63, 3.8) is 0 Å². The molecule has 0 N–H and O–H groups in total. The Labute approximate surface area is 189 Å². The molecule has 0 saturated carbocycles. The summed E-state index contributed by atoms with van der Waals surface area (Å²) < 4.78 is 9.88.